The molecular formula is C19H18N2OS. The Labute approximate surface area is 141 Å². The molecule has 116 valence electrons. The molecule has 0 amide bonds. The lowest BCUT2D eigenvalue weighted by molar-refractivity contribution is 0.182. The maximum absolute atomic E-state index is 5.51. The van der Waals surface area contributed by atoms with E-state index in [0.29, 0.717) is 17.8 Å². The van der Waals surface area contributed by atoms with Gasteiger partial charge in [0.05, 0.1) is 18.8 Å². The number of hydrogen-bond donors (Lipinski definition) is 0. The molecule has 3 aromatic rings. The summed E-state index contributed by atoms with van der Waals surface area (Å²) >= 11 is 5.51. The second-order valence-electron chi connectivity index (χ2n) is 5.19. The number of methoxy groups -OCH3 is 1. The van der Waals surface area contributed by atoms with Crippen LogP contribution in [0.4, 0.5) is 0 Å². The minimum atomic E-state index is 0.584. The van der Waals surface area contributed by atoms with Crippen LogP contribution in [-0.4, -0.2) is 23.5 Å². The van der Waals surface area contributed by atoms with Gasteiger partial charge in [0, 0.05) is 18.2 Å². The van der Waals surface area contributed by atoms with Crippen LogP contribution >= 0.6 is 12.2 Å². The first-order chi connectivity index (χ1) is 11.3. The van der Waals surface area contributed by atoms with E-state index < -0.39 is 0 Å². The molecule has 0 aliphatic heterocycles. The van der Waals surface area contributed by atoms with Crippen molar-refractivity contribution in [2.75, 3.05) is 13.7 Å². The lowest BCUT2D eigenvalue weighted by atomic mass is 10.0. The average molecular weight is 322 g/mol. The molecule has 3 nitrogen and oxygen atoms in total. The Morgan fingerprint density at radius 3 is 2.17 bits per heavy atom. The minimum Gasteiger partial charge on any atom is -0.383 e. The molecule has 0 N–H and O–H groups in total. The summed E-state index contributed by atoms with van der Waals surface area (Å²) in [5, 5.41) is 4.79. The second kappa shape index (κ2) is 7.31. The summed E-state index contributed by atoms with van der Waals surface area (Å²) in [4.78, 5) is 0. The second-order valence-corrected chi connectivity index (χ2v) is 5.61. The summed E-state index contributed by atoms with van der Waals surface area (Å²) in [6.45, 7) is 1.23. The predicted octanol–water partition coefficient (Wildman–Crippen LogP) is 4.59. The van der Waals surface area contributed by atoms with Crippen molar-refractivity contribution in [2.45, 2.75) is 6.54 Å². The van der Waals surface area contributed by atoms with Gasteiger partial charge in [-0.25, -0.2) is 0 Å². The van der Waals surface area contributed by atoms with Crippen LogP contribution in [0.25, 0.3) is 22.4 Å². The van der Waals surface area contributed by atoms with E-state index in [0.717, 1.165) is 22.4 Å². The van der Waals surface area contributed by atoms with Crippen molar-refractivity contribution >= 4 is 12.2 Å². The Bertz CT molecular complexity index is 829. The van der Waals surface area contributed by atoms with Crippen LogP contribution in [0.5, 0.6) is 0 Å². The molecule has 23 heavy (non-hydrogen) atoms. The molecule has 0 spiro atoms. The molecule has 0 unspecified atom stereocenters. The first kappa shape index (κ1) is 15.6. The van der Waals surface area contributed by atoms with E-state index in [4.69, 9.17) is 22.1 Å². The summed E-state index contributed by atoms with van der Waals surface area (Å²) < 4.78 is 7.69. The topological polar surface area (TPSA) is 27.1 Å². The summed E-state index contributed by atoms with van der Waals surface area (Å²) in [6.07, 6.45) is 0. The van der Waals surface area contributed by atoms with Gasteiger partial charge in [-0.2, -0.15) is 5.10 Å². The van der Waals surface area contributed by atoms with Crippen molar-refractivity contribution in [3.8, 4) is 22.4 Å². The largest absolute Gasteiger partial charge is 0.383 e. The Morgan fingerprint density at radius 2 is 1.57 bits per heavy atom. The van der Waals surface area contributed by atoms with Crippen LogP contribution in [-0.2, 0) is 11.3 Å². The molecule has 2 aromatic carbocycles. The molecule has 4 heteroatoms. The summed E-state index contributed by atoms with van der Waals surface area (Å²) in [7, 11) is 1.68. The van der Waals surface area contributed by atoms with Gasteiger partial charge in [-0.3, -0.25) is 4.68 Å². The van der Waals surface area contributed by atoms with E-state index in [1.807, 2.05) is 47.1 Å². The van der Waals surface area contributed by atoms with Gasteiger partial charge in [-0.05, 0) is 11.6 Å². The van der Waals surface area contributed by atoms with Crippen molar-refractivity contribution < 1.29 is 4.74 Å². The van der Waals surface area contributed by atoms with Gasteiger partial charge < -0.3 is 4.74 Å². The third-order valence-corrected chi connectivity index (χ3v) is 3.97. The monoisotopic (exact) mass is 322 g/mol. The average Bonchev–Trinajstić information content (AvgIpc) is 2.62. The number of ether oxygens (including phenoxy) is 1. The predicted molar refractivity (Wildman–Crippen MR) is 95.8 cm³/mol. The number of rotatable bonds is 5. The fraction of sp³-hybridized carbons (Fsp3) is 0.158. The molecule has 1 heterocycles. The lowest BCUT2D eigenvalue weighted by Crippen LogP contribution is -2.11. The quantitative estimate of drug-likeness (QED) is 0.643. The molecule has 0 fully saturated rings. The minimum absolute atomic E-state index is 0.584. The molecule has 3 rings (SSSR count). The van der Waals surface area contributed by atoms with E-state index in [9.17, 15) is 0 Å². The molecular weight excluding hydrogens is 304 g/mol. The zero-order chi connectivity index (χ0) is 16.1. The smallest absolute Gasteiger partial charge is 0.123 e. The maximum Gasteiger partial charge on any atom is 0.123 e. The van der Waals surface area contributed by atoms with Gasteiger partial charge in [0.25, 0.3) is 0 Å². The normalized spacial score (nSPS) is 10.7. The SMILES string of the molecule is COCCn1nc(-c2ccccc2)c(-c2ccccc2)cc1=S. The van der Waals surface area contributed by atoms with E-state index in [-0.39, 0.29) is 0 Å². The fourth-order valence-electron chi connectivity index (χ4n) is 2.48. The molecule has 0 radical (unpaired) electrons. The maximum atomic E-state index is 5.51. The van der Waals surface area contributed by atoms with Gasteiger partial charge >= 0.3 is 0 Å². The van der Waals surface area contributed by atoms with Crippen LogP contribution in [0, 0.1) is 4.64 Å². The lowest BCUT2D eigenvalue weighted by Gasteiger charge is -2.13. The molecule has 0 aliphatic carbocycles. The number of benzene rings is 2. The third-order valence-electron chi connectivity index (χ3n) is 3.64. The molecule has 0 bridgehead atoms. The molecule has 1 aromatic heterocycles. The highest BCUT2D eigenvalue weighted by molar-refractivity contribution is 7.71. The van der Waals surface area contributed by atoms with Crippen LogP contribution in [0.15, 0.2) is 66.7 Å². The van der Waals surface area contributed by atoms with Gasteiger partial charge in [-0.15, -0.1) is 0 Å². The highest BCUT2D eigenvalue weighted by Crippen LogP contribution is 2.30. The highest BCUT2D eigenvalue weighted by atomic mass is 32.1. The van der Waals surface area contributed by atoms with Crippen molar-refractivity contribution in [3.05, 3.63) is 71.4 Å². The number of aromatic nitrogens is 2. The zero-order valence-corrected chi connectivity index (χ0v) is 13.8. The zero-order valence-electron chi connectivity index (χ0n) is 13.0. The number of nitrogens with zero attached hydrogens (tertiary/aromatic N) is 2. The highest BCUT2D eigenvalue weighted by Gasteiger charge is 2.11. The molecule has 0 aliphatic rings. The van der Waals surface area contributed by atoms with E-state index in [1.165, 1.54) is 0 Å². The summed E-state index contributed by atoms with van der Waals surface area (Å²) in [6, 6.07) is 22.4. The first-order valence-electron chi connectivity index (χ1n) is 7.51. The van der Waals surface area contributed by atoms with Gasteiger partial charge in [0.15, 0.2) is 0 Å². The van der Waals surface area contributed by atoms with Crippen LogP contribution in [0.3, 0.4) is 0 Å². The van der Waals surface area contributed by atoms with Gasteiger partial charge in [0.2, 0.25) is 0 Å². The number of hydrogen-bond acceptors (Lipinski definition) is 3. The van der Waals surface area contributed by atoms with Crippen molar-refractivity contribution in [2.24, 2.45) is 0 Å². The molecule has 0 atom stereocenters. The molecule has 0 saturated carbocycles. The Morgan fingerprint density at radius 1 is 0.957 bits per heavy atom. The van der Waals surface area contributed by atoms with Crippen molar-refractivity contribution in [1.29, 1.82) is 0 Å². The van der Waals surface area contributed by atoms with E-state index in [1.54, 1.807) is 7.11 Å². The van der Waals surface area contributed by atoms with E-state index in [2.05, 4.69) is 24.3 Å². The molecule has 0 saturated heterocycles. The summed E-state index contributed by atoms with van der Waals surface area (Å²) in [5.74, 6) is 0. The fourth-order valence-corrected chi connectivity index (χ4v) is 2.73. The van der Waals surface area contributed by atoms with Crippen molar-refractivity contribution in [1.82, 2.24) is 9.78 Å². The van der Waals surface area contributed by atoms with Crippen LogP contribution < -0.4 is 0 Å². The van der Waals surface area contributed by atoms with Gasteiger partial charge in [0.1, 0.15) is 4.64 Å². The van der Waals surface area contributed by atoms with Crippen LogP contribution in [0.2, 0.25) is 0 Å². The summed E-state index contributed by atoms with van der Waals surface area (Å²) in [5.41, 5.74) is 4.17. The third kappa shape index (κ3) is 3.55. The Balaban J connectivity index is 2.18. The first-order valence-corrected chi connectivity index (χ1v) is 7.92. The Hall–Kier alpha value is -2.30. The Kier molecular flexibility index (Phi) is 4.95. The standard InChI is InChI=1S/C19H18N2OS/c1-22-13-12-21-18(23)14-17(15-8-4-2-5-9-15)19(20-21)16-10-6-3-7-11-16/h2-11,14H,12-13H2,1H3. The van der Waals surface area contributed by atoms with Crippen molar-refractivity contribution in [3.63, 3.8) is 0 Å². The van der Waals surface area contributed by atoms with E-state index >= 15 is 0 Å². The van der Waals surface area contributed by atoms with Gasteiger partial charge in [-0.1, -0.05) is 72.9 Å². The van der Waals surface area contributed by atoms with Crippen LogP contribution in [0.1, 0.15) is 0 Å².